The third kappa shape index (κ3) is 0.886. The quantitative estimate of drug-likeness (QED) is 0.537. The molecule has 0 nitrogen and oxygen atoms in total. The van der Waals surface area contributed by atoms with E-state index in [4.69, 9.17) is 0 Å². The van der Waals surface area contributed by atoms with Gasteiger partial charge in [0.15, 0.2) is 0 Å². The second-order valence-corrected chi connectivity index (χ2v) is 4.78. The van der Waals surface area contributed by atoms with Crippen molar-refractivity contribution in [2.45, 2.75) is 13.8 Å². The first-order valence-corrected chi connectivity index (χ1v) is 5.19. The Hall–Kier alpha value is -1.30. The van der Waals surface area contributed by atoms with E-state index in [0.29, 0.717) is 5.92 Å². The molecule has 0 amide bonds. The third-order valence-corrected chi connectivity index (χ3v) is 3.32. The van der Waals surface area contributed by atoms with E-state index in [1.54, 1.807) is 0 Å². The maximum atomic E-state index is 2.37. The van der Waals surface area contributed by atoms with Crippen molar-refractivity contribution in [2.24, 2.45) is 11.3 Å². The van der Waals surface area contributed by atoms with E-state index >= 15 is 0 Å². The van der Waals surface area contributed by atoms with Gasteiger partial charge >= 0.3 is 0 Å². The molecule has 0 aromatic rings. The summed E-state index contributed by atoms with van der Waals surface area (Å²) >= 11 is 0. The minimum Gasteiger partial charge on any atom is -0.0739 e. The topological polar surface area (TPSA) is 0 Å². The predicted molar refractivity (Wildman–Crippen MR) is 59.8 cm³/mol. The van der Waals surface area contributed by atoms with Crippen LogP contribution in [-0.2, 0) is 0 Å². The SMILES string of the molecule is CC1(C)C=CC2=CC3C=CC=CC3=C21. The van der Waals surface area contributed by atoms with E-state index in [0.717, 1.165) is 0 Å². The molecule has 3 rings (SSSR count). The average Bonchev–Trinajstić information content (AvgIpc) is 2.65. The first kappa shape index (κ1) is 8.05. The highest BCUT2D eigenvalue weighted by Crippen LogP contribution is 2.49. The largest absolute Gasteiger partial charge is 0.0739 e. The van der Waals surface area contributed by atoms with Gasteiger partial charge in [-0.1, -0.05) is 56.4 Å². The van der Waals surface area contributed by atoms with Crippen LogP contribution in [0.4, 0.5) is 0 Å². The Morgan fingerprint density at radius 1 is 1.14 bits per heavy atom. The van der Waals surface area contributed by atoms with Gasteiger partial charge < -0.3 is 0 Å². The van der Waals surface area contributed by atoms with Gasteiger partial charge in [-0.15, -0.1) is 0 Å². The monoisotopic (exact) mass is 182 g/mol. The molecule has 0 heteroatoms. The number of allylic oxidation sites excluding steroid dienone is 10. The zero-order valence-electron chi connectivity index (χ0n) is 8.62. The van der Waals surface area contributed by atoms with Crippen LogP contribution in [0.2, 0.25) is 0 Å². The van der Waals surface area contributed by atoms with Gasteiger partial charge in [0.2, 0.25) is 0 Å². The second kappa shape index (κ2) is 2.38. The Balaban J connectivity index is 2.22. The summed E-state index contributed by atoms with van der Waals surface area (Å²) in [7, 11) is 0. The highest BCUT2D eigenvalue weighted by atomic mass is 14.4. The molecule has 0 saturated carbocycles. The Kier molecular flexibility index (Phi) is 1.37. The molecule has 1 atom stereocenters. The van der Waals surface area contributed by atoms with Crippen molar-refractivity contribution in [3.8, 4) is 0 Å². The van der Waals surface area contributed by atoms with Gasteiger partial charge in [-0.2, -0.15) is 0 Å². The zero-order valence-corrected chi connectivity index (χ0v) is 8.62. The van der Waals surface area contributed by atoms with Crippen LogP contribution in [0.5, 0.6) is 0 Å². The number of fused-ring (bicyclic) bond motifs is 2. The Morgan fingerprint density at radius 3 is 2.86 bits per heavy atom. The smallest absolute Gasteiger partial charge is 0.0213 e. The fourth-order valence-corrected chi connectivity index (χ4v) is 2.66. The fourth-order valence-electron chi connectivity index (χ4n) is 2.66. The Bertz CT molecular complexity index is 437. The summed E-state index contributed by atoms with van der Waals surface area (Å²) in [5.74, 6) is 0.536. The predicted octanol–water partition coefficient (Wildman–Crippen LogP) is 3.56. The van der Waals surface area contributed by atoms with Crippen LogP contribution in [0.15, 0.2) is 59.3 Å². The van der Waals surface area contributed by atoms with Gasteiger partial charge in [0.1, 0.15) is 0 Å². The maximum absolute atomic E-state index is 2.37. The van der Waals surface area contributed by atoms with E-state index in [1.165, 1.54) is 16.7 Å². The first-order valence-electron chi connectivity index (χ1n) is 5.19. The molecular formula is C14H14. The molecule has 0 aliphatic heterocycles. The lowest BCUT2D eigenvalue weighted by Gasteiger charge is -2.21. The van der Waals surface area contributed by atoms with Crippen molar-refractivity contribution in [3.63, 3.8) is 0 Å². The van der Waals surface area contributed by atoms with E-state index in [2.05, 4.69) is 56.4 Å². The van der Waals surface area contributed by atoms with E-state index in [1.807, 2.05) is 0 Å². The van der Waals surface area contributed by atoms with Crippen LogP contribution >= 0.6 is 0 Å². The molecule has 3 aliphatic carbocycles. The maximum Gasteiger partial charge on any atom is 0.0213 e. The molecule has 14 heavy (non-hydrogen) atoms. The van der Waals surface area contributed by atoms with Crippen molar-refractivity contribution in [1.29, 1.82) is 0 Å². The third-order valence-electron chi connectivity index (χ3n) is 3.32. The lowest BCUT2D eigenvalue weighted by atomic mass is 9.82. The van der Waals surface area contributed by atoms with Crippen molar-refractivity contribution in [1.82, 2.24) is 0 Å². The molecule has 0 aromatic heterocycles. The molecule has 0 fully saturated rings. The molecule has 0 bridgehead atoms. The van der Waals surface area contributed by atoms with Crippen molar-refractivity contribution >= 4 is 0 Å². The van der Waals surface area contributed by atoms with Gasteiger partial charge in [-0.25, -0.2) is 0 Å². The second-order valence-electron chi connectivity index (χ2n) is 4.78. The van der Waals surface area contributed by atoms with Crippen LogP contribution in [-0.4, -0.2) is 0 Å². The van der Waals surface area contributed by atoms with Crippen molar-refractivity contribution < 1.29 is 0 Å². The molecule has 70 valence electrons. The first-order chi connectivity index (χ1) is 6.68. The molecular weight excluding hydrogens is 168 g/mol. The summed E-state index contributed by atoms with van der Waals surface area (Å²) < 4.78 is 0. The average molecular weight is 182 g/mol. The van der Waals surface area contributed by atoms with Gasteiger partial charge in [0.05, 0.1) is 0 Å². The van der Waals surface area contributed by atoms with Crippen LogP contribution in [0.3, 0.4) is 0 Å². The summed E-state index contributed by atoms with van der Waals surface area (Å²) in [4.78, 5) is 0. The fraction of sp³-hybridized carbons (Fsp3) is 0.286. The van der Waals surface area contributed by atoms with Crippen molar-refractivity contribution in [3.05, 3.63) is 59.3 Å². The molecule has 1 unspecified atom stereocenters. The van der Waals surface area contributed by atoms with E-state index in [9.17, 15) is 0 Å². The summed E-state index contributed by atoms with van der Waals surface area (Å²) in [6.07, 6.45) is 15.8. The summed E-state index contributed by atoms with van der Waals surface area (Å²) in [6.45, 7) is 4.59. The van der Waals surface area contributed by atoms with Crippen LogP contribution in [0, 0.1) is 11.3 Å². The van der Waals surface area contributed by atoms with Gasteiger partial charge in [0, 0.05) is 11.3 Å². The molecule has 0 saturated heterocycles. The minimum absolute atomic E-state index is 0.228. The van der Waals surface area contributed by atoms with Crippen LogP contribution in [0.25, 0.3) is 0 Å². The Morgan fingerprint density at radius 2 is 2.00 bits per heavy atom. The zero-order chi connectivity index (χ0) is 9.76. The van der Waals surface area contributed by atoms with E-state index < -0.39 is 0 Å². The highest BCUT2D eigenvalue weighted by molar-refractivity contribution is 5.63. The molecule has 3 aliphatic rings. The number of hydrogen-bond acceptors (Lipinski definition) is 0. The number of hydrogen-bond donors (Lipinski definition) is 0. The summed E-state index contributed by atoms with van der Waals surface area (Å²) in [5.41, 5.74) is 4.69. The molecule has 0 N–H and O–H groups in total. The van der Waals surface area contributed by atoms with Gasteiger partial charge in [0.25, 0.3) is 0 Å². The molecule has 0 radical (unpaired) electrons. The lowest BCUT2D eigenvalue weighted by molar-refractivity contribution is 0.601. The standard InChI is InChI=1S/C14H14/c1-14(2)8-7-11-9-10-5-3-4-6-12(10)13(11)14/h3-10H,1-2H3. The number of rotatable bonds is 0. The van der Waals surface area contributed by atoms with Gasteiger partial charge in [-0.05, 0) is 16.7 Å². The normalized spacial score (nSPS) is 30.7. The summed E-state index contributed by atoms with van der Waals surface area (Å²) in [5, 5.41) is 0. The van der Waals surface area contributed by atoms with E-state index in [-0.39, 0.29) is 5.41 Å². The lowest BCUT2D eigenvalue weighted by Crippen LogP contribution is -2.09. The molecule has 0 heterocycles. The molecule has 0 spiro atoms. The van der Waals surface area contributed by atoms with Crippen molar-refractivity contribution in [2.75, 3.05) is 0 Å². The minimum atomic E-state index is 0.228. The highest BCUT2D eigenvalue weighted by Gasteiger charge is 2.35. The van der Waals surface area contributed by atoms with Crippen LogP contribution < -0.4 is 0 Å². The summed E-state index contributed by atoms with van der Waals surface area (Å²) in [6, 6.07) is 0. The molecule has 0 aromatic carbocycles. The Labute approximate surface area is 85.0 Å². The van der Waals surface area contributed by atoms with Crippen LogP contribution in [0.1, 0.15) is 13.8 Å². The van der Waals surface area contributed by atoms with Gasteiger partial charge in [-0.3, -0.25) is 0 Å².